The standard InChI is InChI=1S/C10H12ClF3N4O/c11-7-15-8(18-4-2-1-3-5-18)17-9(16-7)19-6-10(12,13)14/h1-6H2. The van der Waals surface area contributed by atoms with E-state index < -0.39 is 18.8 Å². The van der Waals surface area contributed by atoms with Crippen LogP contribution in [-0.2, 0) is 0 Å². The fraction of sp³-hybridized carbons (Fsp3) is 0.700. The van der Waals surface area contributed by atoms with Gasteiger partial charge >= 0.3 is 12.2 Å². The van der Waals surface area contributed by atoms with Crippen LogP contribution in [0.25, 0.3) is 0 Å². The molecule has 0 atom stereocenters. The van der Waals surface area contributed by atoms with E-state index in [1.807, 2.05) is 4.90 Å². The van der Waals surface area contributed by atoms with Gasteiger partial charge in [0.05, 0.1) is 0 Å². The Labute approximate surface area is 112 Å². The van der Waals surface area contributed by atoms with Crippen LogP contribution in [0.2, 0.25) is 5.28 Å². The van der Waals surface area contributed by atoms with Crippen molar-refractivity contribution in [3.8, 4) is 6.01 Å². The number of nitrogens with zero attached hydrogens (tertiary/aromatic N) is 4. The van der Waals surface area contributed by atoms with Crippen molar-refractivity contribution in [2.75, 3.05) is 24.6 Å². The second-order valence-corrected chi connectivity index (χ2v) is 4.48. The largest absolute Gasteiger partial charge is 0.454 e. The van der Waals surface area contributed by atoms with Crippen LogP contribution in [-0.4, -0.2) is 40.8 Å². The molecule has 0 radical (unpaired) electrons. The molecule has 0 N–H and O–H groups in total. The lowest BCUT2D eigenvalue weighted by atomic mass is 10.1. The number of aromatic nitrogens is 3. The number of hydrogen-bond donors (Lipinski definition) is 0. The average molecular weight is 297 g/mol. The molecule has 2 rings (SSSR count). The molecule has 1 aromatic rings. The molecule has 0 bridgehead atoms. The Morgan fingerprint density at radius 2 is 1.79 bits per heavy atom. The molecule has 19 heavy (non-hydrogen) atoms. The summed E-state index contributed by atoms with van der Waals surface area (Å²) in [5.74, 6) is 0.261. The molecule has 1 saturated heterocycles. The summed E-state index contributed by atoms with van der Waals surface area (Å²) >= 11 is 5.67. The maximum Gasteiger partial charge on any atom is 0.422 e. The number of alkyl halides is 3. The molecule has 0 saturated carbocycles. The molecule has 9 heteroatoms. The molecule has 0 spiro atoms. The smallest absolute Gasteiger partial charge is 0.422 e. The lowest BCUT2D eigenvalue weighted by Crippen LogP contribution is -2.31. The summed E-state index contributed by atoms with van der Waals surface area (Å²) in [7, 11) is 0. The van der Waals surface area contributed by atoms with E-state index in [4.69, 9.17) is 11.6 Å². The minimum absolute atomic E-state index is 0.173. The van der Waals surface area contributed by atoms with Gasteiger partial charge in [0.1, 0.15) is 0 Å². The number of anilines is 1. The van der Waals surface area contributed by atoms with Crippen LogP contribution in [0.1, 0.15) is 19.3 Å². The highest BCUT2D eigenvalue weighted by molar-refractivity contribution is 6.28. The van der Waals surface area contributed by atoms with Crippen molar-refractivity contribution in [3.63, 3.8) is 0 Å². The normalized spacial score (nSPS) is 16.5. The second-order valence-electron chi connectivity index (χ2n) is 4.14. The van der Waals surface area contributed by atoms with Gasteiger partial charge in [-0.25, -0.2) is 0 Å². The summed E-state index contributed by atoms with van der Waals surface area (Å²) in [6.45, 7) is 0.0465. The predicted octanol–water partition coefficient (Wildman–Crippen LogP) is 2.46. The first-order valence-corrected chi connectivity index (χ1v) is 6.18. The summed E-state index contributed by atoms with van der Waals surface area (Å²) in [6, 6.07) is -0.405. The van der Waals surface area contributed by atoms with Crippen LogP contribution >= 0.6 is 11.6 Å². The van der Waals surface area contributed by atoms with Crippen molar-refractivity contribution >= 4 is 17.5 Å². The van der Waals surface area contributed by atoms with Crippen LogP contribution in [0.5, 0.6) is 6.01 Å². The highest BCUT2D eigenvalue weighted by Gasteiger charge is 2.29. The van der Waals surface area contributed by atoms with Gasteiger partial charge in [0.15, 0.2) is 6.61 Å². The van der Waals surface area contributed by atoms with Gasteiger partial charge in [0.2, 0.25) is 11.2 Å². The van der Waals surface area contributed by atoms with E-state index in [2.05, 4.69) is 19.7 Å². The molecule has 0 unspecified atom stereocenters. The summed E-state index contributed by atoms with van der Waals surface area (Å²) in [4.78, 5) is 13.2. The molecular weight excluding hydrogens is 285 g/mol. The van der Waals surface area contributed by atoms with E-state index in [1.54, 1.807) is 0 Å². The van der Waals surface area contributed by atoms with Gasteiger partial charge in [-0.3, -0.25) is 0 Å². The first-order valence-electron chi connectivity index (χ1n) is 5.80. The number of rotatable bonds is 3. The summed E-state index contributed by atoms with van der Waals surface area (Å²) in [5, 5.41) is -0.173. The molecule has 0 amide bonds. The van der Waals surface area contributed by atoms with E-state index in [9.17, 15) is 13.2 Å². The van der Waals surface area contributed by atoms with Crippen LogP contribution in [0.3, 0.4) is 0 Å². The van der Waals surface area contributed by atoms with Gasteiger partial charge in [0, 0.05) is 13.1 Å². The van der Waals surface area contributed by atoms with Gasteiger partial charge in [-0.2, -0.15) is 28.1 Å². The maximum atomic E-state index is 12.1. The number of halogens is 4. The Balaban J connectivity index is 2.10. The van der Waals surface area contributed by atoms with E-state index in [0.29, 0.717) is 0 Å². The minimum atomic E-state index is -4.44. The number of ether oxygens (including phenoxy) is 1. The van der Waals surface area contributed by atoms with Gasteiger partial charge in [-0.05, 0) is 30.9 Å². The highest BCUT2D eigenvalue weighted by atomic mass is 35.5. The van der Waals surface area contributed by atoms with Crippen molar-refractivity contribution < 1.29 is 17.9 Å². The van der Waals surface area contributed by atoms with E-state index in [1.165, 1.54) is 0 Å². The molecular formula is C10H12ClF3N4O. The number of hydrogen-bond acceptors (Lipinski definition) is 5. The summed E-state index contributed by atoms with van der Waals surface area (Å²) in [5.41, 5.74) is 0. The molecule has 2 heterocycles. The van der Waals surface area contributed by atoms with Crippen LogP contribution < -0.4 is 9.64 Å². The highest BCUT2D eigenvalue weighted by Crippen LogP contribution is 2.21. The lowest BCUT2D eigenvalue weighted by Gasteiger charge is -2.26. The van der Waals surface area contributed by atoms with Gasteiger partial charge in [0.25, 0.3) is 0 Å². The van der Waals surface area contributed by atoms with Gasteiger partial charge in [-0.1, -0.05) is 0 Å². The first-order chi connectivity index (χ1) is 8.94. The SMILES string of the molecule is FC(F)(F)COc1nc(Cl)nc(N2CCCCC2)n1. The van der Waals surface area contributed by atoms with Gasteiger partial charge in [-0.15, -0.1) is 0 Å². The molecule has 1 fully saturated rings. The van der Waals surface area contributed by atoms with Crippen LogP contribution in [0.4, 0.5) is 19.1 Å². The molecule has 106 valence electrons. The monoisotopic (exact) mass is 296 g/mol. The topological polar surface area (TPSA) is 51.1 Å². The van der Waals surface area contributed by atoms with Crippen molar-refractivity contribution in [3.05, 3.63) is 5.28 Å². The zero-order chi connectivity index (χ0) is 13.9. The minimum Gasteiger partial charge on any atom is -0.454 e. The molecule has 0 aromatic carbocycles. The summed E-state index contributed by atoms with van der Waals surface area (Å²) in [6.07, 6.45) is -1.35. The zero-order valence-corrected chi connectivity index (χ0v) is 10.7. The Kier molecular flexibility index (Phi) is 4.28. The van der Waals surface area contributed by atoms with Crippen LogP contribution in [0.15, 0.2) is 0 Å². The molecule has 1 aromatic heterocycles. The van der Waals surface area contributed by atoms with Crippen molar-refractivity contribution in [2.24, 2.45) is 0 Å². The molecule has 5 nitrogen and oxygen atoms in total. The fourth-order valence-corrected chi connectivity index (χ4v) is 1.92. The third-order valence-corrected chi connectivity index (χ3v) is 2.75. The van der Waals surface area contributed by atoms with Crippen molar-refractivity contribution in [2.45, 2.75) is 25.4 Å². The Morgan fingerprint density at radius 1 is 1.11 bits per heavy atom. The predicted molar refractivity (Wildman–Crippen MR) is 62.5 cm³/mol. The van der Waals surface area contributed by atoms with E-state index >= 15 is 0 Å². The molecule has 0 aliphatic carbocycles. The molecule has 1 aliphatic heterocycles. The van der Waals surface area contributed by atoms with Crippen molar-refractivity contribution in [1.82, 2.24) is 15.0 Å². The maximum absolute atomic E-state index is 12.1. The second kappa shape index (κ2) is 5.77. The first kappa shape index (κ1) is 14.1. The third kappa shape index (κ3) is 4.38. The van der Waals surface area contributed by atoms with Crippen molar-refractivity contribution in [1.29, 1.82) is 0 Å². The van der Waals surface area contributed by atoms with E-state index in [0.717, 1.165) is 32.4 Å². The third-order valence-electron chi connectivity index (χ3n) is 2.58. The van der Waals surface area contributed by atoms with E-state index in [-0.39, 0.29) is 11.2 Å². The Hall–Kier alpha value is -1.31. The van der Waals surface area contributed by atoms with Gasteiger partial charge < -0.3 is 9.64 Å². The fourth-order valence-electron chi connectivity index (χ4n) is 1.77. The average Bonchev–Trinajstić information content (AvgIpc) is 2.36. The lowest BCUT2D eigenvalue weighted by molar-refractivity contribution is -0.154. The number of piperidine rings is 1. The Morgan fingerprint density at radius 3 is 2.42 bits per heavy atom. The van der Waals surface area contributed by atoms with Crippen LogP contribution in [0, 0.1) is 0 Å². The summed E-state index contributed by atoms with van der Waals surface area (Å²) < 4.78 is 40.7. The molecule has 1 aliphatic rings. The quantitative estimate of drug-likeness (QED) is 0.857. The Bertz CT molecular complexity index is 437. The zero-order valence-electron chi connectivity index (χ0n) is 9.95.